The minimum absolute atomic E-state index is 0.104. The lowest BCUT2D eigenvalue weighted by atomic mass is 9.78. The first kappa shape index (κ1) is 37.9. The number of imidazole rings is 2. The highest BCUT2D eigenvalue weighted by atomic mass is 16.5. The van der Waals surface area contributed by atoms with Gasteiger partial charge in [0.15, 0.2) is 0 Å². The number of benzene rings is 2. The van der Waals surface area contributed by atoms with Crippen LogP contribution >= 0.6 is 0 Å². The maximum atomic E-state index is 13.9. The number of hydrogen-bond donors (Lipinski definition) is 4. The number of hydrazine groups is 1. The smallest absolute Gasteiger partial charge is 0.425 e. The molecule has 4 amide bonds. The highest BCUT2D eigenvalue weighted by Crippen LogP contribution is 2.39. The van der Waals surface area contributed by atoms with Gasteiger partial charge in [-0.05, 0) is 68.9 Å². The number of likely N-dealkylation sites (tertiary alicyclic amines) is 1. The van der Waals surface area contributed by atoms with Crippen molar-refractivity contribution in [1.29, 1.82) is 0 Å². The fraction of sp³-hybridized carbons (Fsp3) is 0.500. The van der Waals surface area contributed by atoms with Crippen LogP contribution in [0.5, 0.6) is 0 Å². The lowest BCUT2D eigenvalue weighted by Gasteiger charge is -2.35. The summed E-state index contributed by atoms with van der Waals surface area (Å²) in [5, 5.41) is 6.24. The van der Waals surface area contributed by atoms with Gasteiger partial charge in [0.05, 0.1) is 50.6 Å². The zero-order valence-corrected chi connectivity index (χ0v) is 31.8. The third-order valence-electron chi connectivity index (χ3n) is 11.3. The van der Waals surface area contributed by atoms with Crippen LogP contribution < -0.4 is 10.7 Å². The Morgan fingerprint density at radius 1 is 0.855 bits per heavy atom. The number of ether oxygens (including phenoxy) is 3. The summed E-state index contributed by atoms with van der Waals surface area (Å²) in [6.07, 6.45) is 8.08. The van der Waals surface area contributed by atoms with Crippen LogP contribution in [-0.2, 0) is 23.8 Å². The third kappa shape index (κ3) is 8.02. The van der Waals surface area contributed by atoms with Gasteiger partial charge in [0.1, 0.15) is 17.7 Å². The van der Waals surface area contributed by atoms with E-state index in [9.17, 15) is 19.2 Å². The molecule has 2 aromatic carbocycles. The lowest BCUT2D eigenvalue weighted by molar-refractivity contribution is -0.142. The number of aromatic nitrogens is 4. The van der Waals surface area contributed by atoms with Crippen LogP contribution in [-0.4, -0.2) is 99.9 Å². The predicted molar refractivity (Wildman–Crippen MR) is 203 cm³/mol. The molecule has 0 radical (unpaired) electrons. The number of rotatable bonds is 9. The van der Waals surface area contributed by atoms with Crippen LogP contribution in [0.2, 0.25) is 0 Å². The van der Waals surface area contributed by atoms with Crippen LogP contribution in [0.3, 0.4) is 0 Å². The molecule has 3 fully saturated rings. The van der Waals surface area contributed by atoms with Gasteiger partial charge in [-0.1, -0.05) is 37.1 Å². The molecule has 4 heterocycles. The first-order valence-corrected chi connectivity index (χ1v) is 19.2. The number of aromatic amines is 2. The fourth-order valence-corrected chi connectivity index (χ4v) is 8.30. The second kappa shape index (κ2) is 16.5. The number of alkyl carbamates (subject to hydrolysis) is 1. The average Bonchev–Trinajstić information content (AvgIpc) is 4.05. The summed E-state index contributed by atoms with van der Waals surface area (Å²) < 4.78 is 15.1. The molecule has 15 heteroatoms. The zero-order chi connectivity index (χ0) is 38.6. The lowest BCUT2D eigenvalue weighted by Crippen LogP contribution is -2.53. The first-order valence-electron chi connectivity index (χ1n) is 19.2. The Hall–Kier alpha value is -5.44. The molecule has 292 valence electrons. The van der Waals surface area contributed by atoms with E-state index in [2.05, 4.69) is 57.1 Å². The van der Waals surface area contributed by atoms with E-state index in [1.807, 2.05) is 31.1 Å². The number of methoxy groups -OCH3 is 2. The first-order chi connectivity index (χ1) is 26.6. The van der Waals surface area contributed by atoms with E-state index in [1.54, 1.807) is 0 Å². The second-order valence-electron chi connectivity index (χ2n) is 15.0. The third-order valence-corrected chi connectivity index (χ3v) is 11.3. The molecule has 15 nitrogen and oxygen atoms in total. The van der Waals surface area contributed by atoms with Gasteiger partial charge < -0.3 is 34.4 Å². The standard InChI is InChI=1S/C40H50N8O7/c1-23(2)48(46-40(52)54-4)37(49)30-9-6-5-8-29(30)35-41-20-31(43-35)26-13-11-25-19-27(14-12-24(25)18-26)32-21-42-36(44-32)33-10-7-16-47(33)38(50)34(45-39(51)53-3)28-15-17-55-22-28/h11-14,18-21,23,28-30,33-34H,5-10,15-17,22H2,1-4H3,(H,41,43)(H,42,44)(H,45,51)(H,46,52)/t28?,29?,30-,33?,34?/m1/s1. The van der Waals surface area contributed by atoms with Crippen molar-refractivity contribution >= 4 is 34.8 Å². The monoisotopic (exact) mass is 754 g/mol. The number of hydrogen-bond acceptors (Lipinski definition) is 9. The summed E-state index contributed by atoms with van der Waals surface area (Å²) in [5.74, 6) is 0.648. The molecule has 4 N–H and O–H groups in total. The number of nitrogens with zero attached hydrogens (tertiary/aromatic N) is 4. The summed E-state index contributed by atoms with van der Waals surface area (Å²) in [4.78, 5) is 70.0. The molecular weight excluding hydrogens is 704 g/mol. The Bertz CT molecular complexity index is 2020. The number of fused-ring (bicyclic) bond motifs is 1. The van der Waals surface area contributed by atoms with Crippen LogP contribution in [0.15, 0.2) is 48.8 Å². The molecule has 1 saturated carbocycles. The molecular formula is C40H50N8O7. The number of carbonyl (C=O) groups is 4. The van der Waals surface area contributed by atoms with Crippen molar-refractivity contribution in [3.05, 3.63) is 60.4 Å². The SMILES string of the molecule is COC(=O)NC(C(=O)N1CCCC1c1ncc(-c2ccc3cc(-c4cnc(C5CCCC[C@H]5C(=O)N(NC(=O)OC)C(C)C)[nH]4)ccc3c2)[nH]1)C1CCOC1. The fourth-order valence-electron chi connectivity index (χ4n) is 8.30. The van der Waals surface area contributed by atoms with E-state index in [-0.39, 0.29) is 41.7 Å². The highest BCUT2D eigenvalue weighted by Gasteiger charge is 2.41. The van der Waals surface area contributed by atoms with Gasteiger partial charge >= 0.3 is 12.2 Å². The number of nitrogens with one attached hydrogen (secondary N) is 4. The molecule has 1 aliphatic carbocycles. The predicted octanol–water partition coefficient (Wildman–Crippen LogP) is 5.83. The quantitative estimate of drug-likeness (QED) is 0.153. The minimum Gasteiger partial charge on any atom is -0.453 e. The largest absolute Gasteiger partial charge is 0.453 e. The zero-order valence-electron chi connectivity index (χ0n) is 31.8. The number of H-pyrrole nitrogens is 2. The summed E-state index contributed by atoms with van der Waals surface area (Å²) in [6, 6.07) is 11.3. The number of carbonyl (C=O) groups excluding carboxylic acids is 4. The normalized spacial score (nSPS) is 21.7. The van der Waals surface area contributed by atoms with Crippen LogP contribution in [0.4, 0.5) is 9.59 Å². The van der Waals surface area contributed by atoms with E-state index < -0.39 is 18.2 Å². The Balaban J connectivity index is 1.06. The Morgan fingerprint density at radius 2 is 1.51 bits per heavy atom. The van der Waals surface area contributed by atoms with E-state index in [1.165, 1.54) is 19.2 Å². The molecule has 0 bridgehead atoms. The molecule has 7 rings (SSSR count). The van der Waals surface area contributed by atoms with Gasteiger partial charge in [0.2, 0.25) is 11.8 Å². The summed E-state index contributed by atoms with van der Waals surface area (Å²) in [6.45, 7) is 5.26. The van der Waals surface area contributed by atoms with Crippen molar-refractivity contribution in [3.8, 4) is 22.5 Å². The molecule has 5 atom stereocenters. The van der Waals surface area contributed by atoms with Crippen molar-refractivity contribution in [2.24, 2.45) is 11.8 Å². The molecule has 3 aliphatic rings. The second-order valence-corrected chi connectivity index (χ2v) is 15.0. The summed E-state index contributed by atoms with van der Waals surface area (Å²) in [5.41, 5.74) is 6.25. The van der Waals surface area contributed by atoms with E-state index in [0.717, 1.165) is 71.2 Å². The van der Waals surface area contributed by atoms with Crippen molar-refractivity contribution in [3.63, 3.8) is 0 Å². The summed E-state index contributed by atoms with van der Waals surface area (Å²) in [7, 11) is 2.57. The molecule has 4 aromatic rings. The molecule has 55 heavy (non-hydrogen) atoms. The van der Waals surface area contributed by atoms with E-state index in [0.29, 0.717) is 38.4 Å². The van der Waals surface area contributed by atoms with Crippen LogP contribution in [0.1, 0.15) is 82.4 Å². The van der Waals surface area contributed by atoms with Gasteiger partial charge in [-0.2, -0.15) is 0 Å². The van der Waals surface area contributed by atoms with Crippen LogP contribution in [0.25, 0.3) is 33.3 Å². The van der Waals surface area contributed by atoms with E-state index >= 15 is 0 Å². The van der Waals surface area contributed by atoms with Crippen molar-refractivity contribution in [2.75, 3.05) is 34.0 Å². The van der Waals surface area contributed by atoms with Crippen molar-refractivity contribution < 1.29 is 33.4 Å². The van der Waals surface area contributed by atoms with Crippen LogP contribution in [0, 0.1) is 11.8 Å². The molecule has 4 unspecified atom stereocenters. The molecule has 0 spiro atoms. The maximum absolute atomic E-state index is 13.9. The van der Waals surface area contributed by atoms with Crippen molar-refractivity contribution in [1.82, 2.24) is 40.6 Å². The van der Waals surface area contributed by atoms with Gasteiger partial charge in [-0.25, -0.2) is 30.0 Å². The van der Waals surface area contributed by atoms with Gasteiger partial charge in [-0.3, -0.25) is 9.59 Å². The van der Waals surface area contributed by atoms with Gasteiger partial charge in [0.25, 0.3) is 0 Å². The average molecular weight is 755 g/mol. The van der Waals surface area contributed by atoms with Gasteiger partial charge in [0, 0.05) is 48.1 Å². The topological polar surface area (TPSA) is 184 Å². The molecule has 2 saturated heterocycles. The van der Waals surface area contributed by atoms with Crippen molar-refractivity contribution in [2.45, 2.75) is 82.8 Å². The Kier molecular flexibility index (Phi) is 11.4. The maximum Gasteiger partial charge on any atom is 0.425 e. The van der Waals surface area contributed by atoms with E-state index in [4.69, 9.17) is 24.2 Å². The highest BCUT2D eigenvalue weighted by molar-refractivity contribution is 5.90. The Labute approximate surface area is 319 Å². The number of amides is 4. The molecule has 2 aliphatic heterocycles. The van der Waals surface area contributed by atoms with Gasteiger partial charge in [-0.15, -0.1) is 0 Å². The Morgan fingerprint density at radius 3 is 2.15 bits per heavy atom. The molecule has 2 aromatic heterocycles. The summed E-state index contributed by atoms with van der Waals surface area (Å²) >= 11 is 0. The minimum atomic E-state index is -0.727.